The Morgan fingerprint density at radius 1 is 1.39 bits per heavy atom. The van der Waals surface area contributed by atoms with E-state index < -0.39 is 11.9 Å². The van der Waals surface area contributed by atoms with Crippen LogP contribution in [0.4, 0.5) is 4.39 Å². The number of carbonyl (C=O) groups excluding carboxylic acids is 2. The van der Waals surface area contributed by atoms with E-state index in [9.17, 15) is 14.0 Å². The molecule has 0 saturated heterocycles. The molecule has 5 nitrogen and oxygen atoms in total. The van der Waals surface area contributed by atoms with Gasteiger partial charge in [-0.3, -0.25) is 20.4 Å². The molecule has 0 fully saturated rings. The molecule has 1 aromatic rings. The molecule has 2 amide bonds. The fourth-order valence-electron chi connectivity index (χ4n) is 1.26. The van der Waals surface area contributed by atoms with E-state index in [2.05, 4.69) is 10.9 Å². The third kappa shape index (κ3) is 4.92. The smallest absolute Gasteiger partial charge is 0.254 e. The third-order valence-corrected chi connectivity index (χ3v) is 2.27. The monoisotopic (exact) mass is 253 g/mol. The van der Waals surface area contributed by atoms with E-state index >= 15 is 0 Å². The number of hydrogen-bond donors (Lipinski definition) is 3. The Labute approximate surface area is 105 Å². The van der Waals surface area contributed by atoms with Gasteiger partial charge < -0.3 is 5.73 Å². The summed E-state index contributed by atoms with van der Waals surface area (Å²) in [7, 11) is 0. The van der Waals surface area contributed by atoms with Gasteiger partial charge in [0, 0.05) is 6.42 Å². The Morgan fingerprint density at radius 3 is 2.72 bits per heavy atom. The fourth-order valence-corrected chi connectivity index (χ4v) is 1.26. The Morgan fingerprint density at radius 2 is 2.11 bits per heavy atom. The summed E-state index contributed by atoms with van der Waals surface area (Å²) in [4.78, 5) is 22.4. The first kappa shape index (κ1) is 14.1. The summed E-state index contributed by atoms with van der Waals surface area (Å²) in [6.45, 7) is 1.51. The Kier molecular flexibility index (Phi) is 5.26. The van der Waals surface area contributed by atoms with Crippen LogP contribution in [-0.2, 0) is 16.0 Å². The Hall–Kier alpha value is -1.95. The van der Waals surface area contributed by atoms with Crippen molar-refractivity contribution < 1.29 is 14.0 Å². The van der Waals surface area contributed by atoms with Crippen LogP contribution in [0.1, 0.15) is 18.9 Å². The molecule has 1 atom stereocenters. The molecule has 6 heteroatoms. The number of nitrogens with one attached hydrogen (secondary N) is 2. The molecule has 0 aliphatic carbocycles. The minimum atomic E-state index is -0.687. The highest BCUT2D eigenvalue weighted by molar-refractivity contribution is 5.84. The van der Waals surface area contributed by atoms with Gasteiger partial charge >= 0.3 is 0 Å². The molecule has 0 saturated carbocycles. The van der Waals surface area contributed by atoms with E-state index in [1.54, 1.807) is 12.1 Å². The Bertz CT molecular complexity index is 435. The van der Waals surface area contributed by atoms with Gasteiger partial charge in [-0.05, 0) is 31.0 Å². The van der Waals surface area contributed by atoms with Crippen molar-refractivity contribution in [3.8, 4) is 0 Å². The second-order valence-electron chi connectivity index (χ2n) is 3.96. The van der Waals surface area contributed by atoms with Gasteiger partial charge in [0.1, 0.15) is 5.82 Å². The quantitative estimate of drug-likeness (QED) is 0.673. The molecule has 0 spiro atoms. The third-order valence-electron chi connectivity index (χ3n) is 2.27. The number of nitrogens with two attached hydrogens (primary N) is 1. The van der Waals surface area contributed by atoms with Crippen molar-refractivity contribution in [3.05, 3.63) is 35.6 Å². The number of hydrogen-bond acceptors (Lipinski definition) is 3. The maximum Gasteiger partial charge on any atom is 0.254 e. The van der Waals surface area contributed by atoms with Crippen LogP contribution >= 0.6 is 0 Å². The van der Waals surface area contributed by atoms with Crippen LogP contribution < -0.4 is 16.6 Å². The highest BCUT2D eigenvalue weighted by atomic mass is 19.1. The number of rotatable bonds is 4. The molecular formula is C12H16FN3O2. The molecule has 98 valence electrons. The van der Waals surface area contributed by atoms with Crippen molar-refractivity contribution in [1.82, 2.24) is 10.9 Å². The fraction of sp³-hybridized carbons (Fsp3) is 0.333. The predicted molar refractivity (Wildman–Crippen MR) is 64.7 cm³/mol. The highest BCUT2D eigenvalue weighted by Gasteiger charge is 2.08. The van der Waals surface area contributed by atoms with Gasteiger partial charge in [0.05, 0.1) is 6.04 Å². The summed E-state index contributed by atoms with van der Waals surface area (Å²) >= 11 is 0. The number of halogens is 1. The summed E-state index contributed by atoms with van der Waals surface area (Å²) < 4.78 is 12.9. The molecule has 4 N–H and O–H groups in total. The summed E-state index contributed by atoms with van der Waals surface area (Å²) in [6.07, 6.45) is 0.556. The topological polar surface area (TPSA) is 84.2 Å². The van der Waals surface area contributed by atoms with Crippen molar-refractivity contribution in [2.24, 2.45) is 5.73 Å². The lowest BCUT2D eigenvalue weighted by molar-refractivity contribution is -0.129. The molecule has 1 aromatic carbocycles. The van der Waals surface area contributed by atoms with Gasteiger partial charge in [0.25, 0.3) is 5.91 Å². The van der Waals surface area contributed by atoms with Gasteiger partial charge in [-0.25, -0.2) is 4.39 Å². The van der Waals surface area contributed by atoms with E-state index in [1.165, 1.54) is 19.1 Å². The SMILES string of the molecule is CC(N)C(=O)NNC(=O)CCc1cccc(F)c1. The number of aryl methyl sites for hydroxylation is 1. The maximum absolute atomic E-state index is 12.9. The van der Waals surface area contributed by atoms with Crippen LogP contribution in [0.3, 0.4) is 0 Å². The molecule has 1 rings (SSSR count). The Balaban J connectivity index is 2.31. The predicted octanol–water partition coefficient (Wildman–Crippen LogP) is 0.253. The van der Waals surface area contributed by atoms with Gasteiger partial charge in [-0.2, -0.15) is 0 Å². The van der Waals surface area contributed by atoms with Gasteiger partial charge in [-0.1, -0.05) is 12.1 Å². The minimum Gasteiger partial charge on any atom is -0.320 e. The van der Waals surface area contributed by atoms with Crippen LogP contribution in [0.25, 0.3) is 0 Å². The highest BCUT2D eigenvalue weighted by Crippen LogP contribution is 2.05. The summed E-state index contributed by atoms with van der Waals surface area (Å²) in [5, 5.41) is 0. The molecular weight excluding hydrogens is 237 g/mol. The van der Waals surface area contributed by atoms with Crippen molar-refractivity contribution in [1.29, 1.82) is 0 Å². The van der Waals surface area contributed by atoms with Crippen LogP contribution in [-0.4, -0.2) is 17.9 Å². The van der Waals surface area contributed by atoms with Crippen LogP contribution in [0.5, 0.6) is 0 Å². The molecule has 0 bridgehead atoms. The van der Waals surface area contributed by atoms with E-state index in [1.807, 2.05) is 0 Å². The number of hydrazine groups is 1. The van der Waals surface area contributed by atoms with E-state index in [0.29, 0.717) is 6.42 Å². The molecule has 0 heterocycles. The standard InChI is InChI=1S/C12H16FN3O2/c1-8(14)12(18)16-15-11(17)6-5-9-3-2-4-10(13)7-9/h2-4,7-8H,5-6,14H2,1H3,(H,15,17)(H,16,18). The van der Waals surface area contributed by atoms with Crippen molar-refractivity contribution in [3.63, 3.8) is 0 Å². The molecule has 1 unspecified atom stereocenters. The zero-order chi connectivity index (χ0) is 13.5. The lowest BCUT2D eigenvalue weighted by Crippen LogP contribution is -2.48. The first-order valence-electron chi connectivity index (χ1n) is 5.58. The normalized spacial score (nSPS) is 11.7. The average Bonchev–Trinajstić information content (AvgIpc) is 2.33. The molecule has 0 radical (unpaired) electrons. The van der Waals surface area contributed by atoms with Crippen LogP contribution in [0, 0.1) is 5.82 Å². The van der Waals surface area contributed by atoms with Gasteiger partial charge in [0.2, 0.25) is 5.91 Å². The van der Waals surface area contributed by atoms with Crippen molar-refractivity contribution in [2.45, 2.75) is 25.8 Å². The lowest BCUT2D eigenvalue weighted by atomic mass is 10.1. The molecule has 0 aliphatic rings. The van der Waals surface area contributed by atoms with Crippen molar-refractivity contribution in [2.75, 3.05) is 0 Å². The zero-order valence-corrected chi connectivity index (χ0v) is 10.1. The van der Waals surface area contributed by atoms with Gasteiger partial charge in [0.15, 0.2) is 0 Å². The van der Waals surface area contributed by atoms with Crippen molar-refractivity contribution >= 4 is 11.8 Å². The number of carbonyl (C=O) groups is 2. The molecule has 0 aliphatic heterocycles. The van der Waals surface area contributed by atoms with Crippen LogP contribution in [0.15, 0.2) is 24.3 Å². The van der Waals surface area contributed by atoms with E-state index in [0.717, 1.165) is 5.56 Å². The first-order chi connectivity index (χ1) is 8.49. The van der Waals surface area contributed by atoms with Crippen LogP contribution in [0.2, 0.25) is 0 Å². The first-order valence-corrected chi connectivity index (χ1v) is 5.58. The van der Waals surface area contributed by atoms with E-state index in [-0.39, 0.29) is 18.1 Å². The lowest BCUT2D eigenvalue weighted by Gasteiger charge is -2.09. The summed E-state index contributed by atoms with van der Waals surface area (Å²) in [6, 6.07) is 5.34. The van der Waals surface area contributed by atoms with E-state index in [4.69, 9.17) is 5.73 Å². The van der Waals surface area contributed by atoms with Gasteiger partial charge in [-0.15, -0.1) is 0 Å². The zero-order valence-electron chi connectivity index (χ0n) is 10.1. The number of benzene rings is 1. The maximum atomic E-state index is 12.9. The minimum absolute atomic E-state index is 0.155. The molecule has 0 aromatic heterocycles. The second kappa shape index (κ2) is 6.70. The summed E-state index contributed by atoms with van der Waals surface area (Å²) in [5.74, 6) is -1.15. The molecule has 18 heavy (non-hydrogen) atoms. The average molecular weight is 253 g/mol. The second-order valence-corrected chi connectivity index (χ2v) is 3.96. The largest absolute Gasteiger partial charge is 0.320 e. The number of amides is 2. The summed E-state index contributed by atoms with van der Waals surface area (Å²) in [5.41, 5.74) is 10.5.